The van der Waals surface area contributed by atoms with Crippen LogP contribution in [0.15, 0.2) is 65.6 Å². The molecule has 0 heterocycles. The fourth-order valence-electron chi connectivity index (χ4n) is 2.85. The van der Waals surface area contributed by atoms with E-state index in [9.17, 15) is 18.0 Å². The fraction of sp³-hybridized carbons (Fsp3) is 0.364. The van der Waals surface area contributed by atoms with Crippen molar-refractivity contribution in [2.24, 2.45) is 5.92 Å². The smallest absolute Gasteiger partial charge is 0.307 e. The van der Waals surface area contributed by atoms with Gasteiger partial charge in [-0.15, -0.1) is 0 Å². The van der Waals surface area contributed by atoms with Crippen molar-refractivity contribution in [2.45, 2.75) is 37.6 Å². The second-order valence-electron chi connectivity index (χ2n) is 7.20. The lowest BCUT2D eigenvalue weighted by Gasteiger charge is -2.21. The number of carbonyl (C=O) groups excluding carboxylic acids is 2. The summed E-state index contributed by atoms with van der Waals surface area (Å²) in [5, 5.41) is 2.88. The van der Waals surface area contributed by atoms with Crippen molar-refractivity contribution in [1.29, 1.82) is 0 Å². The van der Waals surface area contributed by atoms with Gasteiger partial charge in [0.15, 0.2) is 16.4 Å². The van der Waals surface area contributed by atoms with Gasteiger partial charge in [-0.25, -0.2) is 8.42 Å². The molecule has 1 amide bonds. The molecule has 6 nitrogen and oxygen atoms in total. The molecule has 0 radical (unpaired) electrons. The third-order valence-electron chi connectivity index (χ3n) is 4.29. The van der Waals surface area contributed by atoms with Gasteiger partial charge in [0.25, 0.3) is 5.91 Å². The lowest BCUT2D eigenvalue weighted by Crippen LogP contribution is -2.33. The third kappa shape index (κ3) is 7.69. The Kier molecular flexibility index (Phi) is 8.39. The van der Waals surface area contributed by atoms with E-state index in [0.717, 1.165) is 12.0 Å². The maximum Gasteiger partial charge on any atom is 0.307 e. The molecule has 156 valence electrons. The SMILES string of the molecule is CC(C)C[C@@H](NC(=O)COC(=O)CCS(=O)(=O)c1ccccc1)c1ccccc1. The van der Waals surface area contributed by atoms with Gasteiger partial charge in [-0.1, -0.05) is 62.4 Å². The summed E-state index contributed by atoms with van der Waals surface area (Å²) in [7, 11) is -3.56. The number of benzene rings is 2. The average Bonchev–Trinajstić information content (AvgIpc) is 2.71. The largest absolute Gasteiger partial charge is 0.456 e. The van der Waals surface area contributed by atoms with Crippen LogP contribution in [0.25, 0.3) is 0 Å². The first-order chi connectivity index (χ1) is 13.8. The van der Waals surface area contributed by atoms with Gasteiger partial charge in [0.2, 0.25) is 0 Å². The van der Waals surface area contributed by atoms with E-state index in [0.29, 0.717) is 5.92 Å². The van der Waals surface area contributed by atoms with Crippen molar-refractivity contribution >= 4 is 21.7 Å². The van der Waals surface area contributed by atoms with Crippen LogP contribution in [0.5, 0.6) is 0 Å². The number of carbonyl (C=O) groups is 2. The summed E-state index contributed by atoms with van der Waals surface area (Å²) in [6.07, 6.45) is 0.442. The molecule has 0 aliphatic rings. The summed E-state index contributed by atoms with van der Waals surface area (Å²) in [6.45, 7) is 3.69. The van der Waals surface area contributed by atoms with E-state index in [1.54, 1.807) is 18.2 Å². The zero-order valence-electron chi connectivity index (χ0n) is 16.7. The lowest BCUT2D eigenvalue weighted by molar-refractivity contribution is -0.148. The zero-order valence-corrected chi connectivity index (χ0v) is 17.5. The summed E-state index contributed by atoms with van der Waals surface area (Å²) in [5.74, 6) is -1.14. The Hall–Kier alpha value is -2.67. The number of nitrogens with one attached hydrogen (secondary N) is 1. The van der Waals surface area contributed by atoms with Crippen LogP contribution in [0, 0.1) is 5.92 Å². The monoisotopic (exact) mass is 417 g/mol. The molecule has 0 fully saturated rings. The fourth-order valence-corrected chi connectivity index (χ4v) is 4.10. The molecular weight excluding hydrogens is 390 g/mol. The summed E-state index contributed by atoms with van der Waals surface area (Å²) >= 11 is 0. The molecule has 7 heteroatoms. The summed E-state index contributed by atoms with van der Waals surface area (Å²) < 4.78 is 29.3. The van der Waals surface area contributed by atoms with Crippen LogP contribution in [0.2, 0.25) is 0 Å². The Morgan fingerprint density at radius 3 is 2.14 bits per heavy atom. The first kappa shape index (κ1) is 22.6. The van der Waals surface area contributed by atoms with Gasteiger partial charge in [-0.3, -0.25) is 9.59 Å². The number of ether oxygens (including phenoxy) is 1. The number of hydrogen-bond acceptors (Lipinski definition) is 5. The molecule has 29 heavy (non-hydrogen) atoms. The van der Waals surface area contributed by atoms with E-state index in [1.165, 1.54) is 12.1 Å². The van der Waals surface area contributed by atoms with Crippen LogP contribution in [-0.4, -0.2) is 32.7 Å². The number of rotatable bonds is 10. The maximum absolute atomic E-state index is 12.2. The minimum absolute atomic E-state index is 0.157. The molecule has 0 aromatic heterocycles. The van der Waals surface area contributed by atoms with Gasteiger partial charge in [-0.2, -0.15) is 0 Å². The third-order valence-corrected chi connectivity index (χ3v) is 6.02. The predicted octanol–water partition coefficient (Wildman–Crippen LogP) is 3.30. The molecule has 0 bridgehead atoms. The molecule has 0 saturated carbocycles. The van der Waals surface area contributed by atoms with E-state index >= 15 is 0 Å². The Balaban J connectivity index is 1.83. The second-order valence-corrected chi connectivity index (χ2v) is 9.31. The first-order valence-electron chi connectivity index (χ1n) is 9.55. The molecular formula is C22H27NO5S. The molecule has 0 saturated heterocycles. The van der Waals surface area contributed by atoms with Gasteiger partial charge in [0, 0.05) is 0 Å². The predicted molar refractivity (Wildman–Crippen MR) is 111 cm³/mol. The number of amides is 1. The Labute approximate surface area is 172 Å². The maximum atomic E-state index is 12.2. The van der Waals surface area contributed by atoms with Gasteiger partial charge in [0.1, 0.15) is 0 Å². The van der Waals surface area contributed by atoms with Crippen molar-refractivity contribution in [3.63, 3.8) is 0 Å². The summed E-state index contributed by atoms with van der Waals surface area (Å²) in [4.78, 5) is 24.3. The van der Waals surface area contributed by atoms with Crippen LogP contribution in [0.1, 0.15) is 38.3 Å². The molecule has 0 aliphatic carbocycles. The molecule has 1 atom stereocenters. The second kappa shape index (κ2) is 10.8. The Morgan fingerprint density at radius 1 is 0.966 bits per heavy atom. The topological polar surface area (TPSA) is 89.5 Å². The molecule has 0 spiro atoms. The molecule has 2 aromatic rings. The van der Waals surface area contributed by atoms with E-state index < -0.39 is 28.3 Å². The normalized spacial score (nSPS) is 12.4. The van der Waals surface area contributed by atoms with Crippen molar-refractivity contribution in [3.05, 3.63) is 66.2 Å². The highest BCUT2D eigenvalue weighted by molar-refractivity contribution is 7.91. The van der Waals surface area contributed by atoms with E-state index in [-0.39, 0.29) is 23.1 Å². The Bertz CT molecular complexity index is 895. The van der Waals surface area contributed by atoms with Gasteiger partial charge in [0.05, 0.1) is 23.1 Å². The standard InChI is InChI=1S/C22H27NO5S/c1-17(2)15-20(18-9-5-3-6-10-18)23-21(24)16-28-22(25)13-14-29(26,27)19-11-7-4-8-12-19/h3-12,17,20H,13-16H2,1-2H3,(H,23,24)/t20-/m1/s1. The van der Waals surface area contributed by atoms with Crippen molar-refractivity contribution in [2.75, 3.05) is 12.4 Å². The Morgan fingerprint density at radius 2 is 1.55 bits per heavy atom. The van der Waals surface area contributed by atoms with Gasteiger partial charge < -0.3 is 10.1 Å². The zero-order chi connectivity index (χ0) is 21.3. The van der Waals surface area contributed by atoms with Gasteiger partial charge in [-0.05, 0) is 30.0 Å². The average molecular weight is 418 g/mol. The molecule has 2 rings (SSSR count). The minimum Gasteiger partial charge on any atom is -0.456 e. The quantitative estimate of drug-likeness (QED) is 0.599. The number of esters is 1. The summed E-state index contributed by atoms with van der Waals surface area (Å²) in [6, 6.07) is 17.3. The first-order valence-corrected chi connectivity index (χ1v) is 11.2. The van der Waals surface area contributed by atoms with E-state index in [1.807, 2.05) is 30.3 Å². The molecule has 0 unspecified atom stereocenters. The lowest BCUT2D eigenvalue weighted by atomic mass is 9.97. The minimum atomic E-state index is -3.56. The highest BCUT2D eigenvalue weighted by atomic mass is 32.2. The molecule has 0 aliphatic heterocycles. The van der Waals surface area contributed by atoms with E-state index in [2.05, 4.69) is 19.2 Å². The van der Waals surface area contributed by atoms with Crippen molar-refractivity contribution < 1.29 is 22.7 Å². The van der Waals surface area contributed by atoms with Crippen molar-refractivity contribution in [3.8, 4) is 0 Å². The number of sulfone groups is 1. The van der Waals surface area contributed by atoms with Crippen LogP contribution < -0.4 is 5.32 Å². The number of hydrogen-bond donors (Lipinski definition) is 1. The van der Waals surface area contributed by atoms with Crippen LogP contribution in [0.3, 0.4) is 0 Å². The van der Waals surface area contributed by atoms with Crippen LogP contribution in [-0.2, 0) is 24.2 Å². The van der Waals surface area contributed by atoms with Crippen molar-refractivity contribution in [1.82, 2.24) is 5.32 Å². The molecule has 2 aromatic carbocycles. The van der Waals surface area contributed by atoms with Crippen LogP contribution in [0.4, 0.5) is 0 Å². The van der Waals surface area contributed by atoms with Crippen LogP contribution >= 0.6 is 0 Å². The summed E-state index contributed by atoms with van der Waals surface area (Å²) in [5.41, 5.74) is 0.981. The molecule has 1 N–H and O–H groups in total. The van der Waals surface area contributed by atoms with Gasteiger partial charge >= 0.3 is 5.97 Å². The highest BCUT2D eigenvalue weighted by Crippen LogP contribution is 2.21. The van der Waals surface area contributed by atoms with E-state index in [4.69, 9.17) is 4.74 Å². The highest BCUT2D eigenvalue weighted by Gasteiger charge is 2.19.